The third kappa shape index (κ3) is 1.90. The summed E-state index contributed by atoms with van der Waals surface area (Å²) in [5.74, 6) is 0. The summed E-state index contributed by atoms with van der Waals surface area (Å²) in [6.07, 6.45) is 2.40. The lowest BCUT2D eigenvalue weighted by atomic mass is 9.98. The van der Waals surface area contributed by atoms with Crippen molar-refractivity contribution in [3.63, 3.8) is 0 Å². The second-order valence-corrected chi connectivity index (χ2v) is 4.31. The molecule has 78 valence electrons. The van der Waals surface area contributed by atoms with Gasteiger partial charge in [-0.05, 0) is 47.7 Å². The van der Waals surface area contributed by atoms with E-state index in [0.717, 1.165) is 0 Å². The molecule has 0 unspecified atom stereocenters. The molecule has 0 saturated carbocycles. The van der Waals surface area contributed by atoms with E-state index in [0.29, 0.717) is 0 Å². The maximum Gasteiger partial charge on any atom is -0.0149 e. The zero-order valence-corrected chi connectivity index (χ0v) is 9.80. The fourth-order valence-electron chi connectivity index (χ4n) is 2.07. The normalized spacial score (nSPS) is 10.9. The van der Waals surface area contributed by atoms with Gasteiger partial charge in [0.05, 0.1) is 0 Å². The molecule has 0 spiro atoms. The largest absolute Gasteiger partial charge is 0.0651 e. The van der Waals surface area contributed by atoms with Gasteiger partial charge in [-0.1, -0.05) is 43.7 Å². The molecule has 0 bridgehead atoms. The summed E-state index contributed by atoms with van der Waals surface area (Å²) in [6, 6.07) is 11.3. The van der Waals surface area contributed by atoms with Crippen molar-refractivity contribution < 1.29 is 0 Å². The molecule has 0 aliphatic rings. The standard InChI is InChI=1S/C15H18/c1-4-5-13-7-9-14-8-6-11(2)12(3)15(14)10-13/h6-10H,4-5H2,1-3H3. The minimum absolute atomic E-state index is 1.18. The lowest BCUT2D eigenvalue weighted by Crippen LogP contribution is -1.87. The van der Waals surface area contributed by atoms with Gasteiger partial charge in [-0.25, -0.2) is 0 Å². The number of fused-ring (bicyclic) bond motifs is 1. The van der Waals surface area contributed by atoms with Gasteiger partial charge in [0.1, 0.15) is 0 Å². The Kier molecular flexibility index (Phi) is 2.77. The van der Waals surface area contributed by atoms with Crippen LogP contribution in [0.25, 0.3) is 10.8 Å². The molecule has 0 aliphatic carbocycles. The second-order valence-electron chi connectivity index (χ2n) is 4.31. The van der Waals surface area contributed by atoms with Crippen LogP contribution < -0.4 is 0 Å². The summed E-state index contributed by atoms with van der Waals surface area (Å²) in [6.45, 7) is 6.63. The summed E-state index contributed by atoms with van der Waals surface area (Å²) in [7, 11) is 0. The minimum atomic E-state index is 1.18. The van der Waals surface area contributed by atoms with Crippen LogP contribution in [0, 0.1) is 13.8 Å². The summed E-state index contributed by atoms with van der Waals surface area (Å²) in [5.41, 5.74) is 4.26. The first kappa shape index (κ1) is 10.2. The highest BCUT2D eigenvalue weighted by atomic mass is 14.1. The number of benzene rings is 2. The number of hydrogen-bond donors (Lipinski definition) is 0. The van der Waals surface area contributed by atoms with Gasteiger partial charge in [0.15, 0.2) is 0 Å². The average molecular weight is 198 g/mol. The molecule has 0 aromatic heterocycles. The van der Waals surface area contributed by atoms with E-state index in [1.807, 2.05) is 0 Å². The molecule has 0 N–H and O–H groups in total. The van der Waals surface area contributed by atoms with Gasteiger partial charge in [0, 0.05) is 0 Å². The molecule has 2 aromatic rings. The third-order valence-corrected chi connectivity index (χ3v) is 3.16. The van der Waals surface area contributed by atoms with E-state index in [9.17, 15) is 0 Å². The van der Waals surface area contributed by atoms with Crippen LogP contribution in [0.2, 0.25) is 0 Å². The lowest BCUT2D eigenvalue weighted by molar-refractivity contribution is 0.923. The van der Waals surface area contributed by atoms with E-state index in [2.05, 4.69) is 51.1 Å². The lowest BCUT2D eigenvalue weighted by Gasteiger charge is -2.07. The van der Waals surface area contributed by atoms with Crippen molar-refractivity contribution in [2.45, 2.75) is 33.6 Å². The molecule has 2 rings (SSSR count). The van der Waals surface area contributed by atoms with Gasteiger partial charge in [0.2, 0.25) is 0 Å². The predicted molar refractivity (Wildman–Crippen MR) is 67.4 cm³/mol. The van der Waals surface area contributed by atoms with Crippen LogP contribution in [-0.4, -0.2) is 0 Å². The number of hydrogen-bond acceptors (Lipinski definition) is 0. The molecule has 0 heterocycles. The van der Waals surface area contributed by atoms with Crippen molar-refractivity contribution in [1.82, 2.24) is 0 Å². The molecular weight excluding hydrogens is 180 g/mol. The Morgan fingerprint density at radius 3 is 2.47 bits per heavy atom. The highest BCUT2D eigenvalue weighted by Crippen LogP contribution is 2.23. The van der Waals surface area contributed by atoms with E-state index in [4.69, 9.17) is 0 Å². The Morgan fingerprint density at radius 2 is 1.73 bits per heavy atom. The average Bonchev–Trinajstić information content (AvgIpc) is 2.25. The molecule has 0 atom stereocenters. The van der Waals surface area contributed by atoms with E-state index >= 15 is 0 Å². The molecule has 0 nitrogen and oxygen atoms in total. The van der Waals surface area contributed by atoms with Gasteiger partial charge < -0.3 is 0 Å². The molecule has 0 saturated heterocycles. The highest BCUT2D eigenvalue weighted by Gasteiger charge is 2.01. The number of rotatable bonds is 2. The summed E-state index contributed by atoms with van der Waals surface area (Å²) in [5, 5.41) is 2.78. The maximum absolute atomic E-state index is 2.35. The smallest absolute Gasteiger partial charge is 0.0149 e. The number of aryl methyl sites for hydroxylation is 3. The van der Waals surface area contributed by atoms with Crippen molar-refractivity contribution in [3.05, 3.63) is 47.0 Å². The van der Waals surface area contributed by atoms with Crippen molar-refractivity contribution >= 4 is 10.8 Å². The zero-order chi connectivity index (χ0) is 10.8. The van der Waals surface area contributed by atoms with Crippen LogP contribution in [0.5, 0.6) is 0 Å². The fraction of sp³-hybridized carbons (Fsp3) is 0.333. The van der Waals surface area contributed by atoms with Crippen LogP contribution in [0.4, 0.5) is 0 Å². The molecule has 0 radical (unpaired) electrons. The summed E-state index contributed by atoms with van der Waals surface area (Å²) in [4.78, 5) is 0. The van der Waals surface area contributed by atoms with Crippen LogP contribution in [0.15, 0.2) is 30.3 Å². The molecule has 2 aromatic carbocycles. The first-order valence-corrected chi connectivity index (χ1v) is 5.71. The van der Waals surface area contributed by atoms with Crippen molar-refractivity contribution in [2.24, 2.45) is 0 Å². The van der Waals surface area contributed by atoms with Crippen molar-refractivity contribution in [3.8, 4) is 0 Å². The SMILES string of the molecule is CCCc1ccc2ccc(C)c(C)c2c1. The Labute approximate surface area is 91.9 Å². The highest BCUT2D eigenvalue weighted by molar-refractivity contribution is 5.87. The maximum atomic E-state index is 2.35. The zero-order valence-electron chi connectivity index (χ0n) is 9.80. The van der Waals surface area contributed by atoms with Gasteiger partial charge in [0.25, 0.3) is 0 Å². The Hall–Kier alpha value is -1.30. The van der Waals surface area contributed by atoms with Gasteiger partial charge in [-0.2, -0.15) is 0 Å². The first-order valence-electron chi connectivity index (χ1n) is 5.71. The predicted octanol–water partition coefficient (Wildman–Crippen LogP) is 4.41. The minimum Gasteiger partial charge on any atom is -0.0651 e. The summed E-state index contributed by atoms with van der Waals surface area (Å²) < 4.78 is 0. The Morgan fingerprint density at radius 1 is 1.00 bits per heavy atom. The molecule has 0 fully saturated rings. The third-order valence-electron chi connectivity index (χ3n) is 3.16. The molecule has 0 amide bonds. The van der Waals surface area contributed by atoms with E-state index in [1.165, 1.54) is 40.3 Å². The van der Waals surface area contributed by atoms with Crippen LogP contribution in [0.1, 0.15) is 30.0 Å². The van der Waals surface area contributed by atoms with Crippen LogP contribution >= 0.6 is 0 Å². The van der Waals surface area contributed by atoms with Gasteiger partial charge in [-0.3, -0.25) is 0 Å². The molecular formula is C15H18. The fourth-order valence-corrected chi connectivity index (χ4v) is 2.07. The monoisotopic (exact) mass is 198 g/mol. The topological polar surface area (TPSA) is 0 Å². The second kappa shape index (κ2) is 4.06. The van der Waals surface area contributed by atoms with Crippen LogP contribution in [-0.2, 0) is 6.42 Å². The van der Waals surface area contributed by atoms with E-state index < -0.39 is 0 Å². The molecule has 15 heavy (non-hydrogen) atoms. The van der Waals surface area contributed by atoms with Crippen molar-refractivity contribution in [2.75, 3.05) is 0 Å². The first-order chi connectivity index (χ1) is 7.22. The summed E-state index contributed by atoms with van der Waals surface area (Å²) >= 11 is 0. The van der Waals surface area contributed by atoms with Gasteiger partial charge in [-0.15, -0.1) is 0 Å². The molecule has 0 heteroatoms. The van der Waals surface area contributed by atoms with Crippen LogP contribution in [0.3, 0.4) is 0 Å². The van der Waals surface area contributed by atoms with Crippen molar-refractivity contribution in [1.29, 1.82) is 0 Å². The Balaban J connectivity index is 2.63. The molecule has 0 aliphatic heterocycles. The van der Waals surface area contributed by atoms with Gasteiger partial charge >= 0.3 is 0 Å². The Bertz CT molecular complexity index is 481. The van der Waals surface area contributed by atoms with E-state index in [-0.39, 0.29) is 0 Å². The quantitative estimate of drug-likeness (QED) is 0.670. The van der Waals surface area contributed by atoms with E-state index in [1.54, 1.807) is 0 Å².